The van der Waals surface area contributed by atoms with Crippen molar-refractivity contribution >= 4 is 5.78 Å². The van der Waals surface area contributed by atoms with Crippen LogP contribution in [0.1, 0.15) is 20.3 Å². The predicted molar refractivity (Wildman–Crippen MR) is 40.0 cm³/mol. The van der Waals surface area contributed by atoms with E-state index in [9.17, 15) is 4.79 Å². The quantitative estimate of drug-likeness (QED) is 0.637. The van der Waals surface area contributed by atoms with Crippen LogP contribution >= 0.6 is 0 Å². The average molecular weight is 156 g/mol. The van der Waals surface area contributed by atoms with E-state index in [-0.39, 0.29) is 18.5 Å². The summed E-state index contributed by atoms with van der Waals surface area (Å²) in [5.41, 5.74) is 0.712. The number of Topliss-reactive ketones (excluding diaryl/α,β-unsaturated/α-hetero) is 1. The predicted octanol–water partition coefficient (Wildman–Crippen LogP) is 0.631. The Kier molecular flexibility index (Phi) is 2.29. The van der Waals surface area contributed by atoms with Gasteiger partial charge in [0, 0.05) is 12.0 Å². The summed E-state index contributed by atoms with van der Waals surface area (Å²) in [5.74, 6) is 0.704. The van der Waals surface area contributed by atoms with Gasteiger partial charge in [0.15, 0.2) is 5.78 Å². The molecule has 1 unspecified atom stereocenters. The molecule has 3 heteroatoms. The molecular weight excluding hydrogens is 144 g/mol. The highest BCUT2D eigenvalue weighted by molar-refractivity contribution is 5.94. The smallest absolute Gasteiger partial charge is 0.159 e. The topological polar surface area (TPSA) is 46.5 Å². The summed E-state index contributed by atoms with van der Waals surface area (Å²) in [6.07, 6.45) is 0.353. The summed E-state index contributed by atoms with van der Waals surface area (Å²) in [6, 6.07) is 0. The van der Waals surface area contributed by atoms with Crippen molar-refractivity contribution in [1.82, 2.24) is 0 Å². The molecule has 3 nitrogen and oxygen atoms in total. The summed E-state index contributed by atoms with van der Waals surface area (Å²) < 4.78 is 5.19. The maximum absolute atomic E-state index is 10.9. The number of ether oxygens (including phenoxy) is 1. The monoisotopic (exact) mass is 156 g/mol. The lowest BCUT2D eigenvalue weighted by atomic mass is 10.1. The van der Waals surface area contributed by atoms with Crippen LogP contribution in [0.3, 0.4) is 0 Å². The standard InChI is InChI=1S/C8H12O3/c1-5(10)8-3-7(4-9)11-6(8)2/h7,9H,3-4H2,1-2H3. The number of aliphatic hydroxyl groups excluding tert-OH is 1. The highest BCUT2D eigenvalue weighted by atomic mass is 16.5. The number of allylic oxidation sites excluding steroid dienone is 1. The Labute approximate surface area is 65.7 Å². The second-order valence-electron chi connectivity index (χ2n) is 2.72. The molecule has 1 rings (SSSR count). The maximum atomic E-state index is 10.9. The Morgan fingerprint density at radius 2 is 2.45 bits per heavy atom. The molecule has 0 amide bonds. The van der Waals surface area contributed by atoms with Gasteiger partial charge in [0.25, 0.3) is 0 Å². The van der Waals surface area contributed by atoms with Gasteiger partial charge in [-0.15, -0.1) is 0 Å². The lowest BCUT2D eigenvalue weighted by Crippen LogP contribution is -2.11. The Morgan fingerprint density at radius 3 is 2.73 bits per heavy atom. The molecule has 0 spiro atoms. The molecule has 0 bridgehead atoms. The molecule has 11 heavy (non-hydrogen) atoms. The van der Waals surface area contributed by atoms with Crippen molar-refractivity contribution in [2.75, 3.05) is 6.61 Å². The van der Waals surface area contributed by atoms with Crippen LogP contribution in [0, 0.1) is 0 Å². The molecule has 0 aliphatic carbocycles. The zero-order valence-corrected chi connectivity index (χ0v) is 6.76. The minimum absolute atomic E-state index is 0.0197. The molecule has 0 aromatic heterocycles. The number of hydrogen-bond acceptors (Lipinski definition) is 3. The van der Waals surface area contributed by atoms with E-state index in [4.69, 9.17) is 9.84 Å². The van der Waals surface area contributed by atoms with Gasteiger partial charge in [0.2, 0.25) is 0 Å². The first kappa shape index (κ1) is 8.27. The van der Waals surface area contributed by atoms with Crippen molar-refractivity contribution in [2.45, 2.75) is 26.4 Å². The fourth-order valence-electron chi connectivity index (χ4n) is 1.23. The molecule has 1 atom stereocenters. The number of carbonyl (C=O) groups is 1. The van der Waals surface area contributed by atoms with E-state index < -0.39 is 0 Å². The van der Waals surface area contributed by atoms with Crippen molar-refractivity contribution in [3.05, 3.63) is 11.3 Å². The molecule has 62 valence electrons. The lowest BCUT2D eigenvalue weighted by molar-refractivity contribution is -0.113. The molecule has 0 fully saturated rings. The molecule has 1 aliphatic rings. The second-order valence-corrected chi connectivity index (χ2v) is 2.72. The Balaban J connectivity index is 2.67. The van der Waals surface area contributed by atoms with Gasteiger partial charge >= 0.3 is 0 Å². The van der Waals surface area contributed by atoms with E-state index in [0.29, 0.717) is 17.8 Å². The third kappa shape index (κ3) is 1.60. The van der Waals surface area contributed by atoms with Gasteiger partial charge in [-0.25, -0.2) is 0 Å². The molecule has 1 aliphatic heterocycles. The number of hydrogen-bond donors (Lipinski definition) is 1. The fraction of sp³-hybridized carbons (Fsp3) is 0.625. The maximum Gasteiger partial charge on any atom is 0.159 e. The van der Waals surface area contributed by atoms with Gasteiger partial charge in [0.05, 0.1) is 6.61 Å². The Hall–Kier alpha value is -0.830. The minimum Gasteiger partial charge on any atom is -0.492 e. The van der Waals surface area contributed by atoms with E-state index in [0.717, 1.165) is 0 Å². The zero-order chi connectivity index (χ0) is 8.43. The molecule has 0 saturated heterocycles. The number of carbonyl (C=O) groups excluding carboxylic acids is 1. The first-order chi connectivity index (χ1) is 5.15. The highest BCUT2D eigenvalue weighted by Crippen LogP contribution is 2.24. The molecule has 0 saturated carbocycles. The van der Waals surface area contributed by atoms with Gasteiger partial charge in [0.1, 0.15) is 11.9 Å². The van der Waals surface area contributed by atoms with Crippen molar-refractivity contribution in [3.63, 3.8) is 0 Å². The summed E-state index contributed by atoms with van der Waals surface area (Å²) in [7, 11) is 0. The van der Waals surface area contributed by atoms with Crippen molar-refractivity contribution in [1.29, 1.82) is 0 Å². The van der Waals surface area contributed by atoms with Crippen LogP contribution in [0.4, 0.5) is 0 Å². The average Bonchev–Trinajstić information content (AvgIpc) is 2.30. The van der Waals surface area contributed by atoms with Crippen LogP contribution < -0.4 is 0 Å². The largest absolute Gasteiger partial charge is 0.492 e. The van der Waals surface area contributed by atoms with Gasteiger partial charge in [-0.05, 0) is 13.8 Å². The summed E-state index contributed by atoms with van der Waals surface area (Å²) in [5, 5.41) is 8.72. The van der Waals surface area contributed by atoms with Crippen molar-refractivity contribution in [3.8, 4) is 0 Å². The van der Waals surface area contributed by atoms with Crippen LogP contribution in [0.5, 0.6) is 0 Å². The van der Waals surface area contributed by atoms with Crippen molar-refractivity contribution < 1.29 is 14.6 Å². The summed E-state index contributed by atoms with van der Waals surface area (Å²) in [4.78, 5) is 10.9. The normalized spacial score (nSPS) is 23.7. The third-order valence-corrected chi connectivity index (χ3v) is 1.83. The van der Waals surface area contributed by atoms with E-state index in [1.54, 1.807) is 6.92 Å². The van der Waals surface area contributed by atoms with Gasteiger partial charge in [-0.2, -0.15) is 0 Å². The van der Waals surface area contributed by atoms with E-state index in [2.05, 4.69) is 0 Å². The van der Waals surface area contributed by atoms with Crippen molar-refractivity contribution in [2.24, 2.45) is 0 Å². The fourth-order valence-corrected chi connectivity index (χ4v) is 1.23. The van der Waals surface area contributed by atoms with Crippen LogP contribution in [-0.2, 0) is 9.53 Å². The SMILES string of the molecule is CC(=O)C1=C(C)OC(CO)C1. The van der Waals surface area contributed by atoms with E-state index in [1.165, 1.54) is 6.92 Å². The second kappa shape index (κ2) is 3.05. The molecular formula is C8H12O3. The summed E-state index contributed by atoms with van der Waals surface area (Å²) in [6.45, 7) is 3.25. The third-order valence-electron chi connectivity index (χ3n) is 1.83. The van der Waals surface area contributed by atoms with Gasteiger partial charge in [-0.3, -0.25) is 4.79 Å². The number of aliphatic hydroxyl groups is 1. The molecule has 0 aromatic carbocycles. The number of ketones is 1. The Bertz CT molecular complexity index is 205. The highest BCUT2D eigenvalue weighted by Gasteiger charge is 2.24. The first-order valence-corrected chi connectivity index (χ1v) is 3.63. The first-order valence-electron chi connectivity index (χ1n) is 3.63. The molecule has 1 N–H and O–H groups in total. The van der Waals surface area contributed by atoms with Gasteiger partial charge < -0.3 is 9.84 Å². The van der Waals surface area contributed by atoms with Crippen LogP contribution in [0.25, 0.3) is 0 Å². The van der Waals surface area contributed by atoms with E-state index >= 15 is 0 Å². The Morgan fingerprint density at radius 1 is 1.82 bits per heavy atom. The number of rotatable bonds is 2. The lowest BCUT2D eigenvalue weighted by Gasteiger charge is -2.05. The van der Waals surface area contributed by atoms with Crippen LogP contribution in [-0.4, -0.2) is 23.6 Å². The van der Waals surface area contributed by atoms with Crippen LogP contribution in [0.15, 0.2) is 11.3 Å². The molecule has 0 aromatic rings. The minimum atomic E-state index is -0.200. The molecule has 1 heterocycles. The van der Waals surface area contributed by atoms with Gasteiger partial charge in [-0.1, -0.05) is 0 Å². The zero-order valence-electron chi connectivity index (χ0n) is 6.76. The van der Waals surface area contributed by atoms with Crippen LogP contribution in [0.2, 0.25) is 0 Å². The molecule has 0 radical (unpaired) electrons. The summed E-state index contributed by atoms with van der Waals surface area (Å²) >= 11 is 0. The van der Waals surface area contributed by atoms with E-state index in [1.807, 2.05) is 0 Å².